The summed E-state index contributed by atoms with van der Waals surface area (Å²) in [6, 6.07) is 20.6. The first-order valence-electron chi connectivity index (χ1n) is 11.1. The third-order valence-electron chi connectivity index (χ3n) is 5.94. The average molecular weight is 432 g/mol. The molecule has 6 heteroatoms. The summed E-state index contributed by atoms with van der Waals surface area (Å²) in [6.45, 7) is 0. The van der Waals surface area contributed by atoms with Crippen LogP contribution in [-0.4, -0.2) is 35.1 Å². The Bertz CT molecular complexity index is 950. The SMILES string of the molecule is COc1nccnc1OC1CCC(NC(=O)CC(c2ccccc2)c2ccccc2)CC1. The lowest BCUT2D eigenvalue weighted by Crippen LogP contribution is -2.40. The van der Waals surface area contributed by atoms with Gasteiger partial charge in [-0.1, -0.05) is 60.7 Å². The molecule has 6 nitrogen and oxygen atoms in total. The van der Waals surface area contributed by atoms with Crippen LogP contribution in [0.25, 0.3) is 0 Å². The minimum Gasteiger partial charge on any atom is -0.477 e. The second-order valence-corrected chi connectivity index (χ2v) is 8.11. The molecule has 3 aromatic rings. The zero-order valence-electron chi connectivity index (χ0n) is 18.3. The Kier molecular flexibility index (Phi) is 7.33. The molecule has 1 aliphatic carbocycles. The molecule has 1 N–H and O–H groups in total. The van der Waals surface area contributed by atoms with E-state index in [4.69, 9.17) is 9.47 Å². The van der Waals surface area contributed by atoms with Gasteiger partial charge in [0.1, 0.15) is 6.10 Å². The van der Waals surface area contributed by atoms with Crippen molar-refractivity contribution in [2.24, 2.45) is 0 Å². The van der Waals surface area contributed by atoms with Gasteiger partial charge in [0.05, 0.1) is 7.11 Å². The number of rotatable bonds is 8. The van der Waals surface area contributed by atoms with Crippen LogP contribution in [0.5, 0.6) is 11.8 Å². The Morgan fingerprint density at radius 3 is 2.03 bits per heavy atom. The van der Waals surface area contributed by atoms with Gasteiger partial charge in [-0.05, 0) is 36.8 Å². The van der Waals surface area contributed by atoms with Gasteiger partial charge in [0.25, 0.3) is 11.8 Å². The third-order valence-corrected chi connectivity index (χ3v) is 5.94. The average Bonchev–Trinajstić information content (AvgIpc) is 2.85. The van der Waals surface area contributed by atoms with Crippen molar-refractivity contribution in [3.05, 3.63) is 84.2 Å². The first-order chi connectivity index (χ1) is 15.7. The maximum absolute atomic E-state index is 12.9. The van der Waals surface area contributed by atoms with Gasteiger partial charge in [0.2, 0.25) is 5.91 Å². The molecule has 0 radical (unpaired) electrons. The highest BCUT2D eigenvalue weighted by Gasteiger charge is 2.26. The monoisotopic (exact) mass is 431 g/mol. The summed E-state index contributed by atoms with van der Waals surface area (Å²) in [7, 11) is 1.56. The minimum atomic E-state index is 0.0428. The summed E-state index contributed by atoms with van der Waals surface area (Å²) < 4.78 is 11.2. The van der Waals surface area contributed by atoms with Crippen molar-refractivity contribution in [3.8, 4) is 11.8 Å². The Hall–Kier alpha value is -3.41. The van der Waals surface area contributed by atoms with Crippen LogP contribution < -0.4 is 14.8 Å². The molecule has 4 rings (SSSR count). The Morgan fingerprint density at radius 2 is 1.47 bits per heavy atom. The van der Waals surface area contributed by atoms with Gasteiger partial charge >= 0.3 is 0 Å². The summed E-state index contributed by atoms with van der Waals surface area (Å²) in [6.07, 6.45) is 7.12. The standard InChI is InChI=1S/C26H29N3O3/c1-31-25-26(28-17-16-27-25)32-22-14-12-21(13-15-22)29-24(30)18-23(19-8-4-2-5-9-19)20-10-6-3-7-11-20/h2-11,16-17,21-23H,12-15,18H2,1H3,(H,29,30). The molecule has 166 valence electrons. The van der Waals surface area contributed by atoms with E-state index in [9.17, 15) is 4.79 Å². The molecule has 1 saturated carbocycles. The van der Waals surface area contributed by atoms with Gasteiger partial charge in [0.15, 0.2) is 0 Å². The van der Waals surface area contributed by atoms with Crippen LogP contribution in [0.15, 0.2) is 73.1 Å². The molecule has 0 spiro atoms. The number of nitrogens with one attached hydrogen (secondary N) is 1. The summed E-state index contributed by atoms with van der Waals surface area (Å²) >= 11 is 0. The van der Waals surface area contributed by atoms with Gasteiger partial charge in [0, 0.05) is 30.8 Å². The summed E-state index contributed by atoms with van der Waals surface area (Å²) in [4.78, 5) is 21.3. The largest absolute Gasteiger partial charge is 0.477 e. The highest BCUT2D eigenvalue weighted by atomic mass is 16.5. The number of methoxy groups -OCH3 is 1. The lowest BCUT2D eigenvalue weighted by Gasteiger charge is -2.29. The predicted molar refractivity (Wildman–Crippen MR) is 123 cm³/mol. The van der Waals surface area contributed by atoms with E-state index in [0.29, 0.717) is 18.2 Å². The first kappa shape index (κ1) is 21.8. The van der Waals surface area contributed by atoms with Crippen LogP contribution in [-0.2, 0) is 4.79 Å². The molecule has 1 aromatic heterocycles. The van der Waals surface area contributed by atoms with E-state index in [2.05, 4.69) is 39.6 Å². The van der Waals surface area contributed by atoms with Crippen molar-refractivity contribution in [1.82, 2.24) is 15.3 Å². The van der Waals surface area contributed by atoms with E-state index in [1.807, 2.05) is 36.4 Å². The second kappa shape index (κ2) is 10.8. The summed E-state index contributed by atoms with van der Waals surface area (Å²) in [5.74, 6) is 0.954. The number of hydrogen-bond acceptors (Lipinski definition) is 5. The fraction of sp³-hybridized carbons (Fsp3) is 0.346. The van der Waals surface area contributed by atoms with Gasteiger partial charge in [-0.3, -0.25) is 4.79 Å². The molecule has 0 bridgehead atoms. The number of carbonyl (C=O) groups is 1. The van der Waals surface area contributed by atoms with E-state index >= 15 is 0 Å². The fourth-order valence-electron chi connectivity index (χ4n) is 4.29. The van der Waals surface area contributed by atoms with Crippen LogP contribution in [0.1, 0.15) is 49.1 Å². The van der Waals surface area contributed by atoms with Crippen molar-refractivity contribution in [2.75, 3.05) is 7.11 Å². The van der Waals surface area contributed by atoms with E-state index in [-0.39, 0.29) is 24.0 Å². The van der Waals surface area contributed by atoms with E-state index in [0.717, 1.165) is 36.8 Å². The summed E-state index contributed by atoms with van der Waals surface area (Å²) in [5.41, 5.74) is 2.31. The van der Waals surface area contributed by atoms with Gasteiger partial charge < -0.3 is 14.8 Å². The Morgan fingerprint density at radius 1 is 0.906 bits per heavy atom. The fourth-order valence-corrected chi connectivity index (χ4v) is 4.29. The normalized spacial score (nSPS) is 18.2. The van der Waals surface area contributed by atoms with E-state index < -0.39 is 0 Å². The number of ether oxygens (including phenoxy) is 2. The molecule has 1 fully saturated rings. The number of benzene rings is 2. The maximum atomic E-state index is 12.9. The third kappa shape index (κ3) is 5.63. The molecular formula is C26H29N3O3. The van der Waals surface area contributed by atoms with Gasteiger partial charge in [-0.15, -0.1) is 0 Å². The first-order valence-corrected chi connectivity index (χ1v) is 11.1. The molecule has 0 unspecified atom stereocenters. The number of carbonyl (C=O) groups excluding carboxylic acids is 1. The van der Waals surface area contributed by atoms with E-state index in [1.54, 1.807) is 19.5 Å². The molecule has 2 aromatic carbocycles. The zero-order chi connectivity index (χ0) is 22.2. The highest BCUT2D eigenvalue weighted by Crippen LogP contribution is 2.29. The highest BCUT2D eigenvalue weighted by molar-refractivity contribution is 5.78. The number of aromatic nitrogens is 2. The second-order valence-electron chi connectivity index (χ2n) is 8.11. The number of hydrogen-bond donors (Lipinski definition) is 1. The van der Waals surface area contributed by atoms with Crippen molar-refractivity contribution >= 4 is 5.91 Å². The Labute approximate surface area is 189 Å². The van der Waals surface area contributed by atoms with Crippen LogP contribution in [0.2, 0.25) is 0 Å². The molecule has 1 aliphatic rings. The molecule has 0 saturated heterocycles. The number of nitrogens with zero attached hydrogens (tertiary/aromatic N) is 2. The maximum Gasteiger partial charge on any atom is 0.278 e. The lowest BCUT2D eigenvalue weighted by molar-refractivity contribution is -0.122. The van der Waals surface area contributed by atoms with Crippen molar-refractivity contribution in [2.45, 2.75) is 50.2 Å². The van der Waals surface area contributed by atoms with Crippen LogP contribution in [0, 0.1) is 0 Å². The topological polar surface area (TPSA) is 73.3 Å². The predicted octanol–water partition coefficient (Wildman–Crippen LogP) is 4.51. The summed E-state index contributed by atoms with van der Waals surface area (Å²) in [5, 5.41) is 3.25. The van der Waals surface area contributed by atoms with E-state index in [1.165, 1.54) is 0 Å². The van der Waals surface area contributed by atoms with Crippen LogP contribution >= 0.6 is 0 Å². The molecule has 0 aliphatic heterocycles. The molecular weight excluding hydrogens is 402 g/mol. The van der Waals surface area contributed by atoms with Gasteiger partial charge in [-0.2, -0.15) is 0 Å². The quantitative estimate of drug-likeness (QED) is 0.568. The smallest absolute Gasteiger partial charge is 0.278 e. The van der Waals surface area contributed by atoms with Crippen LogP contribution in [0.3, 0.4) is 0 Å². The van der Waals surface area contributed by atoms with Crippen molar-refractivity contribution in [1.29, 1.82) is 0 Å². The van der Waals surface area contributed by atoms with Gasteiger partial charge in [-0.25, -0.2) is 9.97 Å². The molecule has 0 atom stereocenters. The van der Waals surface area contributed by atoms with Crippen molar-refractivity contribution in [3.63, 3.8) is 0 Å². The molecule has 1 heterocycles. The number of amides is 1. The Balaban J connectivity index is 1.32. The lowest BCUT2D eigenvalue weighted by atomic mass is 9.87. The van der Waals surface area contributed by atoms with Crippen molar-refractivity contribution < 1.29 is 14.3 Å². The minimum absolute atomic E-state index is 0.0428. The van der Waals surface area contributed by atoms with Crippen LogP contribution in [0.4, 0.5) is 0 Å². The zero-order valence-corrected chi connectivity index (χ0v) is 18.3. The molecule has 1 amide bonds. The molecule has 32 heavy (non-hydrogen) atoms.